The number of aliphatic imine (C=N–C) groups is 1. The largest absolute Gasteiger partial charge is 0.345 e. The first kappa shape index (κ1) is 27.1. The first-order valence-electron chi connectivity index (χ1n) is 14.1. The van der Waals surface area contributed by atoms with Gasteiger partial charge in [0.25, 0.3) is 0 Å². The zero-order valence-corrected chi connectivity index (χ0v) is 25.1. The summed E-state index contributed by atoms with van der Waals surface area (Å²) in [7, 11) is 1.79. The quantitative estimate of drug-likeness (QED) is 0.412. The minimum Gasteiger partial charge on any atom is -0.345 e. The molecule has 2 fully saturated rings. The zero-order valence-electron chi connectivity index (χ0n) is 23.5. The van der Waals surface area contributed by atoms with Crippen molar-refractivity contribution in [2.45, 2.75) is 70.9 Å². The first-order valence-corrected chi connectivity index (χ1v) is 15.3. The van der Waals surface area contributed by atoms with E-state index in [4.69, 9.17) is 16.6 Å². The van der Waals surface area contributed by atoms with Crippen LogP contribution in [0.2, 0.25) is 5.02 Å². The van der Waals surface area contributed by atoms with Gasteiger partial charge in [0.1, 0.15) is 16.4 Å². The second kappa shape index (κ2) is 10.4. The number of carbonyl (C=O) groups is 2. The molecule has 7 rings (SSSR count). The number of aromatic nitrogens is 3. The Morgan fingerprint density at radius 1 is 1.18 bits per heavy atom. The average molecular weight is 579 g/mol. The van der Waals surface area contributed by atoms with Crippen LogP contribution in [0.15, 0.2) is 29.3 Å². The normalized spacial score (nSPS) is 20.5. The van der Waals surface area contributed by atoms with Crippen molar-refractivity contribution in [1.29, 1.82) is 0 Å². The number of halogens is 1. The summed E-state index contributed by atoms with van der Waals surface area (Å²) >= 11 is 8.54. The van der Waals surface area contributed by atoms with Crippen molar-refractivity contribution >= 4 is 41.0 Å². The van der Waals surface area contributed by atoms with Crippen LogP contribution in [0.1, 0.15) is 72.7 Å². The Morgan fingerprint density at radius 3 is 2.55 bits per heavy atom. The second-order valence-electron chi connectivity index (χ2n) is 11.6. The number of piperidine rings is 1. The van der Waals surface area contributed by atoms with Crippen LogP contribution in [-0.4, -0.2) is 68.8 Å². The third kappa shape index (κ3) is 4.67. The molecule has 2 aromatic heterocycles. The number of aryl methyl sites for hydroxylation is 1. The summed E-state index contributed by atoms with van der Waals surface area (Å²) in [6, 6.07) is 8.41. The van der Waals surface area contributed by atoms with E-state index in [0.717, 1.165) is 86.0 Å². The maximum atomic E-state index is 11.0. The van der Waals surface area contributed by atoms with E-state index in [-0.39, 0.29) is 11.4 Å². The van der Waals surface area contributed by atoms with E-state index in [0.29, 0.717) is 12.0 Å². The lowest BCUT2D eigenvalue weighted by Gasteiger charge is -2.34. The molecule has 4 aliphatic rings. The lowest BCUT2D eigenvalue weighted by atomic mass is 9.98. The van der Waals surface area contributed by atoms with Crippen molar-refractivity contribution < 1.29 is 9.59 Å². The number of likely N-dealkylation sites (tertiary alicyclic amines) is 1. The van der Waals surface area contributed by atoms with Gasteiger partial charge in [-0.2, -0.15) is 0 Å². The first-order chi connectivity index (χ1) is 19.2. The molecule has 2 aliphatic carbocycles. The smallest absolute Gasteiger partial charge is 0.219 e. The van der Waals surface area contributed by atoms with E-state index in [1.807, 2.05) is 35.3 Å². The maximum Gasteiger partial charge on any atom is 0.219 e. The molecule has 1 saturated heterocycles. The average Bonchev–Trinajstić information content (AvgIpc) is 3.35. The number of amides is 2. The van der Waals surface area contributed by atoms with Crippen LogP contribution in [0.5, 0.6) is 0 Å². The molecule has 3 aromatic rings. The lowest BCUT2D eigenvalue weighted by molar-refractivity contribution is -0.130. The Morgan fingerprint density at radius 2 is 1.90 bits per heavy atom. The molecule has 1 saturated carbocycles. The molecule has 210 valence electrons. The van der Waals surface area contributed by atoms with Gasteiger partial charge in [-0.25, -0.2) is 0 Å². The topological polar surface area (TPSA) is 83.7 Å². The Labute approximate surface area is 244 Å². The summed E-state index contributed by atoms with van der Waals surface area (Å²) in [6.07, 6.45) is 6.94. The number of hydrogen-bond acceptors (Lipinski definition) is 6. The van der Waals surface area contributed by atoms with Gasteiger partial charge in [0.05, 0.1) is 5.71 Å². The molecule has 4 heterocycles. The fourth-order valence-corrected chi connectivity index (χ4v) is 7.99. The van der Waals surface area contributed by atoms with E-state index in [2.05, 4.69) is 33.8 Å². The number of fused-ring (bicyclic) bond motifs is 6. The summed E-state index contributed by atoms with van der Waals surface area (Å²) in [4.78, 5) is 31.8. The van der Waals surface area contributed by atoms with Gasteiger partial charge >= 0.3 is 0 Å². The summed E-state index contributed by atoms with van der Waals surface area (Å²) in [6.45, 7) is 7.52. The van der Waals surface area contributed by atoms with Crippen molar-refractivity contribution in [1.82, 2.24) is 24.6 Å². The highest BCUT2D eigenvalue weighted by Crippen LogP contribution is 2.54. The van der Waals surface area contributed by atoms with Crippen LogP contribution >= 0.6 is 22.9 Å². The number of carbonyl (C=O) groups excluding carboxylic acids is 2. The predicted molar refractivity (Wildman–Crippen MR) is 158 cm³/mol. The highest BCUT2D eigenvalue weighted by Gasteiger charge is 2.52. The minimum atomic E-state index is -0.244. The Hall–Kier alpha value is -3.04. The number of nitrogens with zero attached hydrogens (tertiary/aromatic N) is 6. The molecule has 0 radical (unpaired) electrons. The van der Waals surface area contributed by atoms with Gasteiger partial charge in [-0.05, 0) is 63.0 Å². The van der Waals surface area contributed by atoms with Crippen LogP contribution in [0, 0.1) is 12.8 Å². The molecular formula is C30H35ClN6O2S. The van der Waals surface area contributed by atoms with Crippen LogP contribution in [0.4, 0.5) is 0 Å². The van der Waals surface area contributed by atoms with E-state index in [1.54, 1.807) is 18.9 Å². The van der Waals surface area contributed by atoms with Gasteiger partial charge in [0.15, 0.2) is 5.82 Å². The minimum absolute atomic E-state index is 0.132. The Bertz CT molecular complexity index is 1500. The van der Waals surface area contributed by atoms with E-state index in [9.17, 15) is 9.59 Å². The molecule has 2 aliphatic heterocycles. The fourth-order valence-electron chi connectivity index (χ4n) is 6.22. The molecular weight excluding hydrogens is 544 g/mol. The third-order valence-corrected chi connectivity index (χ3v) is 10.2. The molecule has 1 atom stereocenters. The molecule has 10 heteroatoms. The third-order valence-electron chi connectivity index (χ3n) is 8.67. The van der Waals surface area contributed by atoms with Gasteiger partial charge in [0.2, 0.25) is 12.3 Å². The number of hydrogen-bond donors (Lipinski definition) is 0. The molecule has 0 N–H and O–H groups in total. The lowest BCUT2D eigenvalue weighted by Crippen LogP contribution is -2.44. The maximum absolute atomic E-state index is 11.0. The number of benzene rings is 1. The van der Waals surface area contributed by atoms with E-state index >= 15 is 0 Å². The van der Waals surface area contributed by atoms with Crippen molar-refractivity contribution in [3.05, 3.63) is 62.5 Å². The molecule has 8 nitrogen and oxygen atoms in total. The molecule has 1 aromatic carbocycles. The predicted octanol–water partition coefficient (Wildman–Crippen LogP) is 4.95. The van der Waals surface area contributed by atoms with E-state index < -0.39 is 0 Å². The summed E-state index contributed by atoms with van der Waals surface area (Å²) in [5.41, 5.74) is 4.55. The highest BCUT2D eigenvalue weighted by molar-refractivity contribution is 7.15. The van der Waals surface area contributed by atoms with Crippen LogP contribution in [0.3, 0.4) is 0 Å². The molecule has 2 amide bonds. The highest BCUT2D eigenvalue weighted by atomic mass is 35.5. The number of thiophene rings is 1. The fraction of sp³-hybridized carbons (Fsp3) is 0.500. The Balaban J connectivity index is 0.000000189. The van der Waals surface area contributed by atoms with Crippen molar-refractivity contribution in [2.24, 2.45) is 10.9 Å². The summed E-state index contributed by atoms with van der Waals surface area (Å²) in [5, 5.41) is 11.0. The van der Waals surface area contributed by atoms with Crippen molar-refractivity contribution in [2.75, 3.05) is 20.1 Å². The van der Waals surface area contributed by atoms with Crippen LogP contribution in [0.25, 0.3) is 5.00 Å². The molecule has 0 unspecified atom stereocenters. The van der Waals surface area contributed by atoms with Gasteiger partial charge in [-0.15, -0.1) is 21.5 Å². The van der Waals surface area contributed by atoms with Crippen molar-refractivity contribution in [3.63, 3.8) is 0 Å². The van der Waals surface area contributed by atoms with Gasteiger partial charge in [0, 0.05) is 54.1 Å². The molecule has 0 bridgehead atoms. The Kier molecular flexibility index (Phi) is 7.07. The van der Waals surface area contributed by atoms with Gasteiger partial charge in [-0.1, -0.05) is 36.7 Å². The summed E-state index contributed by atoms with van der Waals surface area (Å²) < 4.78 is 2.27. The summed E-state index contributed by atoms with van der Waals surface area (Å²) in [5.74, 6) is 2.76. The molecule has 1 spiro atoms. The van der Waals surface area contributed by atoms with Gasteiger partial charge in [-0.3, -0.25) is 19.1 Å². The van der Waals surface area contributed by atoms with Crippen molar-refractivity contribution in [3.8, 4) is 5.00 Å². The monoisotopic (exact) mass is 578 g/mol. The van der Waals surface area contributed by atoms with Crippen LogP contribution < -0.4 is 0 Å². The van der Waals surface area contributed by atoms with Crippen LogP contribution in [-0.2, 0) is 28.0 Å². The standard InChI is InChI=1S/C21H19ClN4S.C9H16N2O2/c1-11-9-14-16(10-11)27-19-17(14)18(13-5-3-4-6-15(13)22)23-21(7-8-21)20-25-24-12(2)26(19)20;1-8(13)11-5-3-9(4-6-11)10(2)7-12/h3-6,11H,7-10H2,1-2H3;7,9H,3-6H2,1-2H3/t11-;/m0./s1. The number of rotatable bonds is 3. The SMILES string of the molecule is CC(=O)N1CCC(N(C)C=O)CC1.Cc1nnc2n1-c1sc3c(c1C(c1ccccc1Cl)=NC21CC1)C[C@H](C)C3. The zero-order chi connectivity index (χ0) is 28.2. The van der Waals surface area contributed by atoms with E-state index in [1.165, 1.54) is 21.0 Å². The van der Waals surface area contributed by atoms with Gasteiger partial charge < -0.3 is 9.80 Å². The molecule has 40 heavy (non-hydrogen) atoms. The second-order valence-corrected chi connectivity index (χ2v) is 13.1.